The van der Waals surface area contributed by atoms with Crippen molar-refractivity contribution in [2.75, 3.05) is 5.32 Å². The number of aromatic carboxylic acids is 1. The van der Waals surface area contributed by atoms with Crippen molar-refractivity contribution >= 4 is 22.4 Å². The number of hydrogen-bond donors (Lipinski definition) is 2. The molecule has 1 aromatic rings. The molecular weight excluding hydrogens is 224 g/mol. The summed E-state index contributed by atoms with van der Waals surface area (Å²) in [4.78, 5) is 15.7. The number of thiazole rings is 1. The number of anilines is 1. The zero-order valence-corrected chi connectivity index (χ0v) is 10.3. The molecule has 1 aliphatic rings. The SMILES string of the molecule is Cc1sc(NC2CCC(C)C2)nc1C(=O)O. The molecule has 0 aromatic carbocycles. The predicted octanol–water partition coefficient (Wildman–Crippen LogP) is 2.75. The Labute approximate surface area is 98.7 Å². The van der Waals surface area contributed by atoms with E-state index in [9.17, 15) is 4.79 Å². The highest BCUT2D eigenvalue weighted by atomic mass is 32.1. The van der Waals surface area contributed by atoms with Crippen molar-refractivity contribution in [1.82, 2.24) is 4.98 Å². The number of nitrogens with zero attached hydrogens (tertiary/aromatic N) is 1. The third-order valence-corrected chi connectivity index (χ3v) is 3.92. The van der Waals surface area contributed by atoms with E-state index in [1.807, 2.05) is 0 Å². The zero-order valence-electron chi connectivity index (χ0n) is 9.49. The van der Waals surface area contributed by atoms with Crippen molar-refractivity contribution in [3.63, 3.8) is 0 Å². The van der Waals surface area contributed by atoms with Gasteiger partial charge in [0.1, 0.15) is 0 Å². The van der Waals surface area contributed by atoms with Crippen LogP contribution in [0.4, 0.5) is 5.13 Å². The van der Waals surface area contributed by atoms with Gasteiger partial charge in [0.05, 0.1) is 0 Å². The lowest BCUT2D eigenvalue weighted by molar-refractivity contribution is 0.0690. The maximum atomic E-state index is 10.8. The number of aromatic nitrogens is 1. The molecule has 4 nitrogen and oxygen atoms in total. The van der Waals surface area contributed by atoms with Crippen LogP contribution in [0, 0.1) is 12.8 Å². The van der Waals surface area contributed by atoms with E-state index >= 15 is 0 Å². The van der Waals surface area contributed by atoms with Crippen molar-refractivity contribution in [2.24, 2.45) is 5.92 Å². The monoisotopic (exact) mass is 240 g/mol. The normalized spacial score (nSPS) is 24.6. The summed E-state index contributed by atoms with van der Waals surface area (Å²) in [6, 6.07) is 0.460. The lowest BCUT2D eigenvalue weighted by atomic mass is 10.1. The van der Waals surface area contributed by atoms with E-state index in [4.69, 9.17) is 5.11 Å². The van der Waals surface area contributed by atoms with Gasteiger partial charge in [-0.25, -0.2) is 9.78 Å². The van der Waals surface area contributed by atoms with Crippen LogP contribution in [-0.4, -0.2) is 22.1 Å². The number of carboxylic acids is 1. The van der Waals surface area contributed by atoms with Gasteiger partial charge in [-0.3, -0.25) is 0 Å². The van der Waals surface area contributed by atoms with Crippen LogP contribution in [0.2, 0.25) is 0 Å². The van der Waals surface area contributed by atoms with E-state index < -0.39 is 5.97 Å². The molecule has 2 rings (SSSR count). The fraction of sp³-hybridized carbons (Fsp3) is 0.636. The smallest absolute Gasteiger partial charge is 0.355 e. The number of nitrogens with one attached hydrogen (secondary N) is 1. The summed E-state index contributed by atoms with van der Waals surface area (Å²) in [6.45, 7) is 4.04. The van der Waals surface area contributed by atoms with Crippen LogP contribution in [0.3, 0.4) is 0 Å². The Morgan fingerprint density at radius 3 is 2.81 bits per heavy atom. The molecule has 88 valence electrons. The summed E-state index contributed by atoms with van der Waals surface area (Å²) in [5, 5.41) is 13.0. The van der Waals surface area contributed by atoms with Crippen LogP contribution in [0.25, 0.3) is 0 Å². The Morgan fingerprint density at radius 1 is 1.56 bits per heavy atom. The molecular formula is C11H16N2O2S. The van der Waals surface area contributed by atoms with Gasteiger partial charge < -0.3 is 10.4 Å². The van der Waals surface area contributed by atoms with Crippen LogP contribution in [-0.2, 0) is 0 Å². The first-order valence-electron chi connectivity index (χ1n) is 5.53. The minimum absolute atomic E-state index is 0.179. The first kappa shape index (κ1) is 11.4. The molecule has 0 bridgehead atoms. The maximum absolute atomic E-state index is 10.8. The second-order valence-electron chi connectivity index (χ2n) is 4.49. The summed E-state index contributed by atoms with van der Waals surface area (Å²) in [6.07, 6.45) is 3.55. The van der Waals surface area contributed by atoms with Gasteiger partial charge in [-0.1, -0.05) is 6.92 Å². The van der Waals surface area contributed by atoms with E-state index in [1.54, 1.807) is 6.92 Å². The molecule has 2 unspecified atom stereocenters. The molecule has 1 aromatic heterocycles. The van der Waals surface area contributed by atoms with Crippen LogP contribution in [0.1, 0.15) is 41.6 Å². The average molecular weight is 240 g/mol. The van der Waals surface area contributed by atoms with Crippen LogP contribution in [0.15, 0.2) is 0 Å². The van der Waals surface area contributed by atoms with Crippen molar-refractivity contribution in [3.05, 3.63) is 10.6 Å². The molecule has 0 amide bonds. The van der Waals surface area contributed by atoms with Gasteiger partial charge in [0.2, 0.25) is 0 Å². The summed E-state index contributed by atoms with van der Waals surface area (Å²) >= 11 is 1.43. The number of aryl methyl sites for hydroxylation is 1. The fourth-order valence-corrected chi connectivity index (χ4v) is 3.05. The summed E-state index contributed by atoms with van der Waals surface area (Å²) < 4.78 is 0. The van der Waals surface area contributed by atoms with E-state index in [-0.39, 0.29) is 5.69 Å². The van der Waals surface area contributed by atoms with Gasteiger partial charge in [0.25, 0.3) is 0 Å². The Morgan fingerprint density at radius 2 is 2.31 bits per heavy atom. The fourth-order valence-electron chi connectivity index (χ4n) is 2.17. The van der Waals surface area contributed by atoms with Crippen LogP contribution < -0.4 is 5.32 Å². The Hall–Kier alpha value is -1.10. The zero-order chi connectivity index (χ0) is 11.7. The topological polar surface area (TPSA) is 62.2 Å². The molecule has 0 spiro atoms. The first-order valence-corrected chi connectivity index (χ1v) is 6.35. The van der Waals surface area contributed by atoms with Crippen LogP contribution in [0.5, 0.6) is 0 Å². The highest BCUT2D eigenvalue weighted by Crippen LogP contribution is 2.29. The van der Waals surface area contributed by atoms with E-state index in [1.165, 1.54) is 17.8 Å². The second kappa shape index (κ2) is 4.41. The van der Waals surface area contributed by atoms with Gasteiger partial charge in [-0.05, 0) is 32.1 Å². The van der Waals surface area contributed by atoms with Gasteiger partial charge in [0, 0.05) is 10.9 Å². The molecule has 1 saturated carbocycles. The summed E-state index contributed by atoms with van der Waals surface area (Å²) in [5.41, 5.74) is 0.179. The average Bonchev–Trinajstić information content (AvgIpc) is 2.73. The van der Waals surface area contributed by atoms with Gasteiger partial charge in [-0.2, -0.15) is 0 Å². The molecule has 1 heterocycles. The maximum Gasteiger partial charge on any atom is 0.355 e. The minimum Gasteiger partial charge on any atom is -0.476 e. The molecule has 16 heavy (non-hydrogen) atoms. The largest absolute Gasteiger partial charge is 0.476 e. The van der Waals surface area contributed by atoms with E-state index in [0.717, 1.165) is 28.8 Å². The number of carbonyl (C=O) groups is 1. The van der Waals surface area contributed by atoms with Gasteiger partial charge in [-0.15, -0.1) is 11.3 Å². The molecule has 0 radical (unpaired) electrons. The van der Waals surface area contributed by atoms with Crippen LogP contribution >= 0.6 is 11.3 Å². The highest BCUT2D eigenvalue weighted by Gasteiger charge is 2.23. The summed E-state index contributed by atoms with van der Waals surface area (Å²) in [7, 11) is 0. The molecule has 2 N–H and O–H groups in total. The standard InChI is InChI=1S/C11H16N2O2S/c1-6-3-4-8(5-6)12-11-13-9(10(14)15)7(2)16-11/h6,8H,3-5H2,1-2H3,(H,12,13)(H,14,15). The Kier molecular flexibility index (Phi) is 3.14. The molecule has 1 aliphatic carbocycles. The quantitative estimate of drug-likeness (QED) is 0.852. The molecule has 0 saturated heterocycles. The van der Waals surface area contributed by atoms with E-state index in [0.29, 0.717) is 6.04 Å². The molecule has 2 atom stereocenters. The van der Waals surface area contributed by atoms with Crippen molar-refractivity contribution < 1.29 is 9.90 Å². The molecule has 1 fully saturated rings. The van der Waals surface area contributed by atoms with Crippen molar-refractivity contribution in [3.8, 4) is 0 Å². The minimum atomic E-state index is -0.943. The first-order chi connectivity index (χ1) is 7.56. The Balaban J connectivity index is 2.05. The lowest BCUT2D eigenvalue weighted by Crippen LogP contribution is -2.15. The Bertz CT molecular complexity index is 403. The number of hydrogen-bond acceptors (Lipinski definition) is 4. The number of carboxylic acid groups (broad SMARTS) is 1. The third kappa shape index (κ3) is 2.35. The molecule has 0 aliphatic heterocycles. The van der Waals surface area contributed by atoms with Gasteiger partial charge in [0.15, 0.2) is 10.8 Å². The van der Waals surface area contributed by atoms with Gasteiger partial charge >= 0.3 is 5.97 Å². The highest BCUT2D eigenvalue weighted by molar-refractivity contribution is 7.15. The predicted molar refractivity (Wildman–Crippen MR) is 64.2 cm³/mol. The molecule has 5 heteroatoms. The lowest BCUT2D eigenvalue weighted by Gasteiger charge is -2.10. The van der Waals surface area contributed by atoms with Crippen molar-refractivity contribution in [1.29, 1.82) is 0 Å². The summed E-state index contributed by atoms with van der Waals surface area (Å²) in [5.74, 6) is -0.181. The number of rotatable bonds is 3. The van der Waals surface area contributed by atoms with Crippen molar-refractivity contribution in [2.45, 2.75) is 39.2 Å². The second-order valence-corrected chi connectivity index (χ2v) is 5.69. The third-order valence-electron chi connectivity index (χ3n) is 3.02. The van der Waals surface area contributed by atoms with E-state index in [2.05, 4.69) is 17.2 Å².